The molecule has 2 N–H and O–H groups in total. The molecular weight excluding hydrogens is 384 g/mol. The van der Waals surface area contributed by atoms with Crippen LogP contribution in [0.2, 0.25) is 0 Å². The number of anilines is 1. The van der Waals surface area contributed by atoms with Crippen LogP contribution in [0.5, 0.6) is 0 Å². The molecule has 2 aromatic rings. The van der Waals surface area contributed by atoms with Crippen molar-refractivity contribution in [2.24, 2.45) is 17.8 Å². The Hall–Kier alpha value is -2.18. The Morgan fingerprint density at radius 2 is 1.83 bits per heavy atom. The van der Waals surface area contributed by atoms with Crippen molar-refractivity contribution >= 4 is 21.6 Å². The number of amides is 1. The van der Waals surface area contributed by atoms with Gasteiger partial charge in [-0.2, -0.15) is 0 Å². The fourth-order valence-electron chi connectivity index (χ4n) is 5.01. The fourth-order valence-corrected chi connectivity index (χ4v) is 6.31. The second-order valence-corrected chi connectivity index (χ2v) is 10.3. The van der Waals surface area contributed by atoms with Crippen molar-refractivity contribution in [3.63, 3.8) is 0 Å². The van der Waals surface area contributed by atoms with E-state index >= 15 is 0 Å². The van der Waals surface area contributed by atoms with Gasteiger partial charge in [-0.1, -0.05) is 24.1 Å². The van der Waals surface area contributed by atoms with Crippen LogP contribution >= 0.6 is 0 Å². The lowest BCUT2D eigenvalue weighted by Crippen LogP contribution is -2.40. The molecule has 29 heavy (non-hydrogen) atoms. The zero-order valence-corrected chi connectivity index (χ0v) is 17.7. The van der Waals surface area contributed by atoms with Gasteiger partial charge in [-0.3, -0.25) is 4.79 Å². The van der Waals surface area contributed by atoms with E-state index in [-0.39, 0.29) is 16.8 Å². The molecule has 1 amide bonds. The smallest absolute Gasteiger partial charge is 0.255 e. The van der Waals surface area contributed by atoms with Crippen molar-refractivity contribution in [3.8, 4) is 0 Å². The molecule has 0 heterocycles. The molecule has 0 aliphatic heterocycles. The van der Waals surface area contributed by atoms with Gasteiger partial charge in [0.05, 0.1) is 4.90 Å². The maximum atomic E-state index is 12.8. The predicted molar refractivity (Wildman–Crippen MR) is 114 cm³/mol. The summed E-state index contributed by atoms with van der Waals surface area (Å²) in [4.78, 5) is 12.6. The summed E-state index contributed by atoms with van der Waals surface area (Å²) in [5.41, 5.74) is 2.15. The number of hydrogen-bond donors (Lipinski definition) is 2. The van der Waals surface area contributed by atoms with E-state index < -0.39 is 10.0 Å². The first-order valence-corrected chi connectivity index (χ1v) is 11.8. The van der Waals surface area contributed by atoms with Gasteiger partial charge < -0.3 is 5.32 Å². The number of benzene rings is 2. The van der Waals surface area contributed by atoms with Gasteiger partial charge in [0.15, 0.2) is 0 Å². The van der Waals surface area contributed by atoms with Crippen LogP contribution in [0.15, 0.2) is 53.4 Å². The Morgan fingerprint density at radius 1 is 1.07 bits per heavy atom. The van der Waals surface area contributed by atoms with Crippen LogP contribution < -0.4 is 10.0 Å². The summed E-state index contributed by atoms with van der Waals surface area (Å²) in [5, 5.41) is 2.81. The van der Waals surface area contributed by atoms with Crippen LogP contribution in [0.1, 0.15) is 48.5 Å². The standard InChI is InChI=1S/C23H28N2O3S/c1-15-4-3-5-19(12-15)23(26)24-20-8-10-21(11-9-20)29(27,28)25-16(2)22-14-17-6-7-18(22)13-17/h3-5,8-12,16-18,22,25H,6-7,13-14H2,1-2H3,(H,24,26)/t16-,17-,18-,22-/m1/s1. The van der Waals surface area contributed by atoms with Gasteiger partial charge in [0.1, 0.15) is 0 Å². The van der Waals surface area contributed by atoms with Crippen LogP contribution in [0.4, 0.5) is 5.69 Å². The number of carbonyl (C=O) groups excluding carboxylic acids is 1. The minimum Gasteiger partial charge on any atom is -0.322 e. The van der Waals surface area contributed by atoms with Crippen molar-refractivity contribution in [1.82, 2.24) is 4.72 Å². The maximum absolute atomic E-state index is 12.8. The van der Waals surface area contributed by atoms with Crippen molar-refractivity contribution in [2.75, 3.05) is 5.32 Å². The van der Waals surface area contributed by atoms with E-state index in [1.807, 2.05) is 32.0 Å². The molecule has 0 aromatic heterocycles. The average molecular weight is 413 g/mol. The Kier molecular flexibility index (Phi) is 5.49. The van der Waals surface area contributed by atoms with E-state index in [2.05, 4.69) is 10.0 Å². The maximum Gasteiger partial charge on any atom is 0.255 e. The molecule has 0 unspecified atom stereocenters. The van der Waals surface area contributed by atoms with Crippen molar-refractivity contribution in [1.29, 1.82) is 0 Å². The first kappa shape index (κ1) is 20.1. The average Bonchev–Trinajstić information content (AvgIpc) is 3.32. The summed E-state index contributed by atoms with van der Waals surface area (Å²) in [5.74, 6) is 1.67. The van der Waals surface area contributed by atoms with Crippen LogP contribution in [-0.4, -0.2) is 20.4 Å². The highest BCUT2D eigenvalue weighted by molar-refractivity contribution is 7.89. The summed E-state index contributed by atoms with van der Waals surface area (Å²) >= 11 is 0. The highest BCUT2D eigenvalue weighted by Crippen LogP contribution is 2.49. The third-order valence-corrected chi connectivity index (χ3v) is 8.05. The van der Waals surface area contributed by atoms with Crippen molar-refractivity contribution < 1.29 is 13.2 Å². The molecule has 0 saturated heterocycles. The topological polar surface area (TPSA) is 75.3 Å². The van der Waals surface area contributed by atoms with E-state index in [9.17, 15) is 13.2 Å². The lowest BCUT2D eigenvalue weighted by atomic mass is 9.84. The first-order valence-electron chi connectivity index (χ1n) is 10.3. The quantitative estimate of drug-likeness (QED) is 0.741. The van der Waals surface area contributed by atoms with Crippen LogP contribution in [0.3, 0.4) is 0 Å². The number of rotatable bonds is 6. The summed E-state index contributed by atoms with van der Waals surface area (Å²) in [6.45, 7) is 3.92. The molecule has 0 spiro atoms. The number of fused-ring (bicyclic) bond motifs is 2. The van der Waals surface area contributed by atoms with Gasteiger partial charge in [0, 0.05) is 17.3 Å². The number of sulfonamides is 1. The van der Waals surface area contributed by atoms with Gasteiger partial charge >= 0.3 is 0 Å². The summed E-state index contributed by atoms with van der Waals surface area (Å²) in [6.07, 6.45) is 4.93. The molecule has 2 fully saturated rings. The van der Waals surface area contributed by atoms with Crippen molar-refractivity contribution in [2.45, 2.75) is 50.5 Å². The number of carbonyl (C=O) groups is 1. The number of hydrogen-bond acceptors (Lipinski definition) is 3. The van der Waals surface area contributed by atoms with E-state index in [4.69, 9.17) is 0 Å². The molecule has 4 atom stereocenters. The first-order chi connectivity index (χ1) is 13.8. The normalized spacial score (nSPS) is 24.4. The number of nitrogens with one attached hydrogen (secondary N) is 2. The molecule has 154 valence electrons. The minimum absolute atomic E-state index is 0.0593. The molecule has 2 saturated carbocycles. The Morgan fingerprint density at radius 3 is 2.45 bits per heavy atom. The molecule has 0 radical (unpaired) electrons. The van der Waals surface area contributed by atoms with Gasteiger partial charge in [0.2, 0.25) is 10.0 Å². The largest absolute Gasteiger partial charge is 0.322 e. The third-order valence-electron chi connectivity index (χ3n) is 6.48. The lowest BCUT2D eigenvalue weighted by molar-refractivity contribution is 0.102. The highest BCUT2D eigenvalue weighted by atomic mass is 32.2. The molecule has 2 aliphatic rings. The van der Waals surface area contributed by atoms with E-state index in [1.165, 1.54) is 19.3 Å². The van der Waals surface area contributed by atoms with Crippen LogP contribution in [-0.2, 0) is 10.0 Å². The van der Waals surface area contributed by atoms with Gasteiger partial charge in [-0.25, -0.2) is 13.1 Å². The molecule has 6 heteroatoms. The summed E-state index contributed by atoms with van der Waals surface area (Å²) in [7, 11) is -3.58. The third kappa shape index (κ3) is 4.38. The van der Waals surface area contributed by atoms with Crippen molar-refractivity contribution in [3.05, 3.63) is 59.7 Å². The van der Waals surface area contributed by atoms with Crippen LogP contribution in [0.25, 0.3) is 0 Å². The summed E-state index contributed by atoms with van der Waals surface area (Å²) < 4.78 is 28.5. The summed E-state index contributed by atoms with van der Waals surface area (Å²) in [6, 6.07) is 13.6. The second kappa shape index (κ2) is 7.92. The molecule has 2 bridgehead atoms. The van der Waals surface area contributed by atoms with Crippen LogP contribution in [0, 0.1) is 24.7 Å². The molecule has 4 rings (SSSR count). The Bertz CT molecular complexity index is 1000. The zero-order valence-electron chi connectivity index (χ0n) is 16.9. The van der Waals surface area contributed by atoms with E-state index in [0.717, 1.165) is 17.9 Å². The Balaban J connectivity index is 1.40. The fraction of sp³-hybridized carbons (Fsp3) is 0.435. The number of aryl methyl sites for hydroxylation is 1. The molecule has 2 aromatic carbocycles. The van der Waals surface area contributed by atoms with E-state index in [0.29, 0.717) is 23.1 Å². The molecule has 2 aliphatic carbocycles. The molecule has 5 nitrogen and oxygen atoms in total. The lowest BCUT2D eigenvalue weighted by Gasteiger charge is -2.28. The predicted octanol–water partition coefficient (Wildman–Crippen LogP) is 4.35. The Labute approximate surface area is 173 Å². The van der Waals surface area contributed by atoms with Gasteiger partial charge in [-0.15, -0.1) is 0 Å². The van der Waals surface area contributed by atoms with E-state index in [1.54, 1.807) is 30.3 Å². The van der Waals surface area contributed by atoms with Gasteiger partial charge in [0.25, 0.3) is 5.91 Å². The van der Waals surface area contributed by atoms with Gasteiger partial charge in [-0.05, 0) is 87.3 Å². The SMILES string of the molecule is Cc1cccc(C(=O)Nc2ccc(S(=O)(=O)N[C@H](C)[C@H]3C[C@@H]4CC[C@@H]3C4)cc2)c1. The molecular formula is C23H28N2O3S. The highest BCUT2D eigenvalue weighted by Gasteiger charge is 2.42. The monoisotopic (exact) mass is 412 g/mol. The minimum atomic E-state index is -3.58. The second-order valence-electron chi connectivity index (χ2n) is 8.60. The zero-order chi connectivity index (χ0) is 20.6.